The van der Waals surface area contributed by atoms with Gasteiger partial charge in [-0.3, -0.25) is 4.79 Å². The molecule has 4 nitrogen and oxygen atoms in total. The molecule has 0 radical (unpaired) electrons. The van der Waals surface area contributed by atoms with Crippen molar-refractivity contribution in [2.45, 2.75) is 45.4 Å². The summed E-state index contributed by atoms with van der Waals surface area (Å²) >= 11 is 0. The van der Waals surface area contributed by atoms with E-state index < -0.39 is 5.97 Å². The van der Waals surface area contributed by atoms with Gasteiger partial charge < -0.3 is 9.84 Å². The molecule has 4 heteroatoms. The number of carboxylic acid groups (broad SMARTS) is 1. The van der Waals surface area contributed by atoms with E-state index >= 15 is 0 Å². The molecular formula is C27H28O4. The van der Waals surface area contributed by atoms with E-state index in [1.54, 1.807) is 13.2 Å². The summed E-state index contributed by atoms with van der Waals surface area (Å²) in [6, 6.07) is 13.9. The first kappa shape index (κ1) is 21.1. The molecular weight excluding hydrogens is 388 g/mol. The summed E-state index contributed by atoms with van der Waals surface area (Å²) in [7, 11) is 1.69. The van der Waals surface area contributed by atoms with E-state index in [2.05, 4.69) is 19.1 Å². The van der Waals surface area contributed by atoms with Crippen LogP contribution in [0.5, 0.6) is 5.75 Å². The maximum absolute atomic E-state index is 13.2. The van der Waals surface area contributed by atoms with Gasteiger partial charge in [-0.2, -0.15) is 0 Å². The van der Waals surface area contributed by atoms with E-state index in [-0.39, 0.29) is 11.2 Å². The number of hydrogen-bond acceptors (Lipinski definition) is 3. The number of allylic oxidation sites excluding steroid dienone is 2. The molecule has 31 heavy (non-hydrogen) atoms. The zero-order valence-electron chi connectivity index (χ0n) is 18.1. The minimum Gasteiger partial charge on any atom is -0.497 e. The van der Waals surface area contributed by atoms with Crippen LogP contribution in [0.1, 0.15) is 61.3 Å². The number of unbranched alkanes of at least 4 members (excludes halogenated alkanes) is 1. The highest BCUT2D eigenvalue weighted by molar-refractivity contribution is 6.30. The maximum Gasteiger partial charge on any atom is 0.328 e. The molecule has 4 rings (SSSR count). The Labute approximate surface area is 183 Å². The fraction of sp³-hybridized carbons (Fsp3) is 0.333. The second-order valence-electron chi connectivity index (χ2n) is 8.55. The Bertz CT molecular complexity index is 1070. The van der Waals surface area contributed by atoms with Crippen molar-refractivity contribution in [1.29, 1.82) is 0 Å². The number of rotatable bonds is 7. The number of carbonyl (C=O) groups excluding carboxylic acids is 1. The number of fused-ring (bicyclic) bond motifs is 3. The van der Waals surface area contributed by atoms with Gasteiger partial charge in [0.15, 0.2) is 5.78 Å². The van der Waals surface area contributed by atoms with Crippen LogP contribution in [-0.4, -0.2) is 24.0 Å². The van der Waals surface area contributed by atoms with Crippen molar-refractivity contribution in [1.82, 2.24) is 0 Å². The topological polar surface area (TPSA) is 63.6 Å². The van der Waals surface area contributed by atoms with Gasteiger partial charge in [0.1, 0.15) is 5.75 Å². The molecule has 1 N–H and O–H groups in total. The Morgan fingerprint density at radius 1 is 1.19 bits per heavy atom. The molecule has 160 valence electrons. The lowest BCUT2D eigenvalue weighted by Crippen LogP contribution is -2.28. The molecule has 0 saturated carbocycles. The van der Waals surface area contributed by atoms with Crippen molar-refractivity contribution in [3.05, 3.63) is 70.8 Å². The van der Waals surface area contributed by atoms with Gasteiger partial charge in [-0.05, 0) is 65.3 Å². The molecule has 2 aromatic rings. The van der Waals surface area contributed by atoms with Crippen molar-refractivity contribution in [3.8, 4) is 5.75 Å². The number of Topliss-reactive ketones (excluding diaryl/α,β-unsaturated/α-hetero) is 1. The van der Waals surface area contributed by atoms with Crippen LogP contribution in [0, 0.1) is 5.41 Å². The molecule has 2 aromatic carbocycles. The largest absolute Gasteiger partial charge is 0.497 e. The predicted molar refractivity (Wildman–Crippen MR) is 123 cm³/mol. The lowest BCUT2D eigenvalue weighted by atomic mass is 9.66. The standard InChI is InChI=1S/C27H28O4/c1-3-4-14-27-15-13-23(28)25(19-8-5-18(6-9-19)7-12-24(29)30)26(27)22-11-10-21(31-2)16-20(22)17-27/h5-12,16H,3-4,13-15,17H2,1-2H3,(H,29,30). The van der Waals surface area contributed by atoms with Gasteiger partial charge >= 0.3 is 5.97 Å². The first-order valence-electron chi connectivity index (χ1n) is 10.9. The fourth-order valence-corrected chi connectivity index (χ4v) is 5.14. The maximum atomic E-state index is 13.2. The molecule has 0 heterocycles. The number of ketones is 1. The Morgan fingerprint density at radius 3 is 2.65 bits per heavy atom. The summed E-state index contributed by atoms with van der Waals surface area (Å²) in [4.78, 5) is 24.0. The van der Waals surface area contributed by atoms with Crippen LogP contribution in [0.4, 0.5) is 0 Å². The van der Waals surface area contributed by atoms with Crippen LogP contribution >= 0.6 is 0 Å². The Hall–Kier alpha value is -3.14. The molecule has 0 aliphatic heterocycles. The number of hydrogen-bond donors (Lipinski definition) is 1. The number of ether oxygens (including phenoxy) is 1. The summed E-state index contributed by atoms with van der Waals surface area (Å²) < 4.78 is 5.46. The molecule has 1 unspecified atom stereocenters. The van der Waals surface area contributed by atoms with E-state index in [0.717, 1.165) is 60.6 Å². The summed E-state index contributed by atoms with van der Waals surface area (Å²) in [6.45, 7) is 2.21. The van der Waals surface area contributed by atoms with Crippen LogP contribution in [0.15, 0.2) is 48.5 Å². The Morgan fingerprint density at radius 2 is 1.97 bits per heavy atom. The summed E-state index contributed by atoms with van der Waals surface area (Å²) in [5.74, 6) is 0.0702. The van der Waals surface area contributed by atoms with Gasteiger partial charge in [0, 0.05) is 23.5 Å². The predicted octanol–water partition coefficient (Wildman–Crippen LogP) is 5.80. The normalized spacial score (nSPS) is 20.1. The fourth-order valence-electron chi connectivity index (χ4n) is 5.14. The minimum absolute atomic E-state index is 0.00413. The molecule has 0 bridgehead atoms. The average molecular weight is 417 g/mol. The summed E-state index contributed by atoms with van der Waals surface area (Å²) in [5, 5.41) is 8.85. The van der Waals surface area contributed by atoms with Crippen molar-refractivity contribution >= 4 is 29.0 Å². The molecule has 0 aromatic heterocycles. The first-order valence-corrected chi connectivity index (χ1v) is 10.9. The highest BCUT2D eigenvalue weighted by atomic mass is 16.5. The third-order valence-electron chi connectivity index (χ3n) is 6.63. The SMILES string of the molecule is CCCCC12CCC(=O)C(c3ccc(C=CC(=O)O)cc3)=C1c1ccc(OC)cc1C2. The van der Waals surface area contributed by atoms with Gasteiger partial charge in [-0.1, -0.05) is 50.1 Å². The van der Waals surface area contributed by atoms with Crippen molar-refractivity contribution in [2.75, 3.05) is 7.11 Å². The zero-order chi connectivity index (χ0) is 22.0. The minimum atomic E-state index is -0.977. The van der Waals surface area contributed by atoms with Crippen molar-refractivity contribution in [3.63, 3.8) is 0 Å². The van der Waals surface area contributed by atoms with Crippen molar-refractivity contribution in [2.24, 2.45) is 5.41 Å². The molecule has 0 amide bonds. The number of methoxy groups -OCH3 is 1. The zero-order valence-corrected chi connectivity index (χ0v) is 18.1. The van der Waals surface area contributed by atoms with Crippen LogP contribution < -0.4 is 4.74 Å². The number of benzene rings is 2. The summed E-state index contributed by atoms with van der Waals surface area (Å²) in [6.07, 6.45) is 8.43. The van der Waals surface area contributed by atoms with Gasteiger partial charge in [0.05, 0.1) is 7.11 Å². The molecule has 1 atom stereocenters. The van der Waals surface area contributed by atoms with E-state index in [1.165, 1.54) is 16.7 Å². The van der Waals surface area contributed by atoms with E-state index in [1.807, 2.05) is 30.3 Å². The molecule has 0 fully saturated rings. The number of aliphatic carboxylic acids is 1. The first-order chi connectivity index (χ1) is 15.0. The third kappa shape index (κ3) is 3.95. The second kappa shape index (κ2) is 8.54. The lowest BCUT2D eigenvalue weighted by Gasteiger charge is -2.36. The van der Waals surface area contributed by atoms with Crippen LogP contribution in [0.2, 0.25) is 0 Å². The molecule has 0 saturated heterocycles. The Kier molecular flexibility index (Phi) is 5.81. The van der Waals surface area contributed by atoms with Crippen LogP contribution in [0.25, 0.3) is 17.2 Å². The van der Waals surface area contributed by atoms with Crippen LogP contribution in [-0.2, 0) is 16.0 Å². The highest BCUT2D eigenvalue weighted by Gasteiger charge is 2.46. The van der Waals surface area contributed by atoms with Gasteiger partial charge in [-0.25, -0.2) is 4.79 Å². The van der Waals surface area contributed by atoms with E-state index in [4.69, 9.17) is 9.84 Å². The van der Waals surface area contributed by atoms with Crippen LogP contribution in [0.3, 0.4) is 0 Å². The van der Waals surface area contributed by atoms with Gasteiger partial charge in [0.25, 0.3) is 0 Å². The third-order valence-corrected chi connectivity index (χ3v) is 6.63. The van der Waals surface area contributed by atoms with E-state index in [9.17, 15) is 9.59 Å². The van der Waals surface area contributed by atoms with E-state index in [0.29, 0.717) is 6.42 Å². The molecule has 2 aliphatic rings. The average Bonchev–Trinajstić information content (AvgIpc) is 3.10. The lowest BCUT2D eigenvalue weighted by molar-refractivity contribution is -0.131. The Balaban J connectivity index is 1.86. The van der Waals surface area contributed by atoms with Crippen molar-refractivity contribution < 1.29 is 19.4 Å². The van der Waals surface area contributed by atoms with Gasteiger partial charge in [0.2, 0.25) is 0 Å². The smallest absolute Gasteiger partial charge is 0.328 e. The second-order valence-corrected chi connectivity index (χ2v) is 8.55. The number of carboxylic acids is 1. The summed E-state index contributed by atoms with van der Waals surface area (Å²) in [5.41, 5.74) is 6.18. The molecule has 0 spiro atoms. The highest BCUT2D eigenvalue weighted by Crippen LogP contribution is 2.58. The number of carbonyl (C=O) groups is 2. The quantitative estimate of drug-likeness (QED) is 0.580. The molecule has 2 aliphatic carbocycles. The van der Waals surface area contributed by atoms with Gasteiger partial charge in [-0.15, -0.1) is 0 Å². The monoisotopic (exact) mass is 416 g/mol.